The van der Waals surface area contributed by atoms with Gasteiger partial charge < -0.3 is 4.42 Å². The predicted molar refractivity (Wildman–Crippen MR) is 197 cm³/mol. The van der Waals surface area contributed by atoms with Crippen molar-refractivity contribution < 1.29 is 17.6 Å². The number of fused-ring (bicyclic) bond motifs is 8. The molecule has 9 aromatic carbocycles. The van der Waals surface area contributed by atoms with Crippen molar-refractivity contribution in [2.45, 2.75) is 6.18 Å². The van der Waals surface area contributed by atoms with Gasteiger partial charge in [-0.05, 0) is 100 Å². The molecule has 10 rings (SSSR count). The van der Waals surface area contributed by atoms with Crippen LogP contribution in [0.4, 0.5) is 13.2 Å². The number of halogens is 3. The standard InChI is InChI=1S/C45H25F3O/c46-45(47,48)44-35-19-9-7-17-33(35)43(34-18-8-10-20-36(34)44)42-31-15-5-3-13-29(31)41(30-14-4-6-16-32(30)42)28-21-22-39-37(24-28)38-23-26-11-1-2-12-27(26)25-40(38)49-39/h1-25H. The topological polar surface area (TPSA) is 13.1 Å². The molecule has 0 unspecified atom stereocenters. The number of rotatable bonds is 2. The molecule has 0 atom stereocenters. The summed E-state index contributed by atoms with van der Waals surface area (Å²) < 4.78 is 50.7. The second-order valence-electron chi connectivity index (χ2n) is 12.7. The van der Waals surface area contributed by atoms with Gasteiger partial charge in [0.05, 0.1) is 5.56 Å². The maximum Gasteiger partial charge on any atom is 0.417 e. The molecular weight excluding hydrogens is 613 g/mol. The highest BCUT2D eigenvalue weighted by molar-refractivity contribution is 6.28. The first kappa shape index (κ1) is 27.9. The quantitative estimate of drug-likeness (QED) is 0.172. The van der Waals surface area contributed by atoms with E-state index in [2.05, 4.69) is 60.7 Å². The Morgan fingerprint density at radius 2 is 0.755 bits per heavy atom. The van der Waals surface area contributed by atoms with E-state index in [1.807, 2.05) is 66.7 Å². The van der Waals surface area contributed by atoms with Gasteiger partial charge in [-0.25, -0.2) is 0 Å². The van der Waals surface area contributed by atoms with Crippen molar-refractivity contribution in [1.82, 2.24) is 0 Å². The molecule has 0 saturated carbocycles. The van der Waals surface area contributed by atoms with Crippen LogP contribution in [0.2, 0.25) is 0 Å². The first-order valence-corrected chi connectivity index (χ1v) is 16.3. The molecule has 1 aromatic heterocycles. The Balaban J connectivity index is 1.34. The highest BCUT2D eigenvalue weighted by atomic mass is 19.4. The Hall–Kier alpha value is -6.13. The number of alkyl halides is 3. The van der Waals surface area contributed by atoms with Gasteiger partial charge in [0.15, 0.2) is 0 Å². The Morgan fingerprint density at radius 1 is 0.347 bits per heavy atom. The molecule has 0 bridgehead atoms. The van der Waals surface area contributed by atoms with Crippen LogP contribution in [0.1, 0.15) is 5.56 Å². The second-order valence-corrected chi connectivity index (χ2v) is 12.7. The Labute approximate surface area is 278 Å². The van der Waals surface area contributed by atoms with E-state index < -0.39 is 11.7 Å². The van der Waals surface area contributed by atoms with Crippen LogP contribution < -0.4 is 0 Å². The van der Waals surface area contributed by atoms with E-state index in [-0.39, 0.29) is 10.8 Å². The Kier molecular flexibility index (Phi) is 5.81. The average Bonchev–Trinajstić information content (AvgIpc) is 3.48. The molecule has 0 amide bonds. The fourth-order valence-corrected chi connectivity index (χ4v) is 8.03. The minimum Gasteiger partial charge on any atom is -0.456 e. The van der Waals surface area contributed by atoms with Crippen molar-refractivity contribution in [1.29, 1.82) is 0 Å². The van der Waals surface area contributed by atoms with Crippen molar-refractivity contribution in [3.8, 4) is 22.3 Å². The molecule has 0 aliphatic carbocycles. The first-order chi connectivity index (χ1) is 24.0. The van der Waals surface area contributed by atoms with Gasteiger partial charge in [0.2, 0.25) is 0 Å². The van der Waals surface area contributed by atoms with Crippen LogP contribution >= 0.6 is 0 Å². The van der Waals surface area contributed by atoms with Gasteiger partial charge in [0.1, 0.15) is 11.2 Å². The van der Waals surface area contributed by atoms with Gasteiger partial charge in [-0.3, -0.25) is 0 Å². The van der Waals surface area contributed by atoms with Crippen molar-refractivity contribution in [3.63, 3.8) is 0 Å². The highest BCUT2D eigenvalue weighted by Gasteiger charge is 2.36. The van der Waals surface area contributed by atoms with E-state index in [1.165, 1.54) is 0 Å². The molecule has 0 radical (unpaired) electrons. The van der Waals surface area contributed by atoms with E-state index in [4.69, 9.17) is 4.42 Å². The summed E-state index contributed by atoms with van der Waals surface area (Å²) in [6.07, 6.45) is -4.52. The molecule has 0 spiro atoms. The molecule has 4 heteroatoms. The van der Waals surface area contributed by atoms with Gasteiger partial charge in [0.25, 0.3) is 0 Å². The lowest BCUT2D eigenvalue weighted by atomic mass is 9.81. The molecule has 0 saturated heterocycles. The lowest BCUT2D eigenvalue weighted by Gasteiger charge is -2.22. The Bertz CT molecular complexity index is 2870. The predicted octanol–water partition coefficient (Wildman–Crippen LogP) is 13.7. The largest absolute Gasteiger partial charge is 0.456 e. The van der Waals surface area contributed by atoms with Crippen molar-refractivity contribution >= 4 is 75.8 Å². The first-order valence-electron chi connectivity index (χ1n) is 16.3. The molecule has 232 valence electrons. The summed E-state index contributed by atoms with van der Waals surface area (Å²) in [5.74, 6) is 0. The summed E-state index contributed by atoms with van der Waals surface area (Å²) in [5, 5.41) is 9.96. The highest BCUT2D eigenvalue weighted by Crippen LogP contribution is 2.51. The van der Waals surface area contributed by atoms with Gasteiger partial charge in [-0.2, -0.15) is 13.2 Å². The zero-order valence-corrected chi connectivity index (χ0v) is 26.0. The molecule has 49 heavy (non-hydrogen) atoms. The summed E-state index contributed by atoms with van der Waals surface area (Å²) in [7, 11) is 0. The molecule has 1 nitrogen and oxygen atoms in total. The third-order valence-electron chi connectivity index (χ3n) is 10.0. The summed E-state index contributed by atoms with van der Waals surface area (Å²) in [6, 6.07) is 49.4. The molecule has 10 aromatic rings. The fraction of sp³-hybridized carbons (Fsp3) is 0.0222. The molecule has 0 N–H and O–H groups in total. The summed E-state index contributed by atoms with van der Waals surface area (Å²) in [6.45, 7) is 0. The minimum atomic E-state index is -4.52. The van der Waals surface area contributed by atoms with Crippen LogP contribution in [0.5, 0.6) is 0 Å². The van der Waals surface area contributed by atoms with Gasteiger partial charge in [-0.1, -0.05) is 127 Å². The van der Waals surface area contributed by atoms with Crippen LogP contribution in [0, 0.1) is 0 Å². The van der Waals surface area contributed by atoms with Crippen molar-refractivity contribution in [3.05, 3.63) is 157 Å². The van der Waals surface area contributed by atoms with Crippen LogP contribution in [-0.4, -0.2) is 0 Å². The SMILES string of the molecule is FC(F)(F)c1c2ccccc2c(-c2c3ccccc3c(-c3ccc4oc5cc6ccccc6cc5c4c3)c3ccccc23)c2ccccc12. The monoisotopic (exact) mass is 638 g/mol. The lowest BCUT2D eigenvalue weighted by Crippen LogP contribution is -2.08. The van der Waals surface area contributed by atoms with Crippen molar-refractivity contribution in [2.75, 3.05) is 0 Å². The lowest BCUT2D eigenvalue weighted by molar-refractivity contribution is -0.135. The summed E-state index contributed by atoms with van der Waals surface area (Å²) >= 11 is 0. The van der Waals surface area contributed by atoms with Crippen molar-refractivity contribution in [2.24, 2.45) is 0 Å². The maximum absolute atomic E-state index is 14.8. The zero-order valence-electron chi connectivity index (χ0n) is 26.0. The van der Waals surface area contributed by atoms with E-state index in [9.17, 15) is 13.2 Å². The molecule has 1 heterocycles. The Morgan fingerprint density at radius 3 is 1.27 bits per heavy atom. The van der Waals surface area contributed by atoms with E-state index in [0.717, 1.165) is 76.5 Å². The van der Waals surface area contributed by atoms with E-state index in [0.29, 0.717) is 10.8 Å². The number of benzene rings is 9. The summed E-state index contributed by atoms with van der Waals surface area (Å²) in [4.78, 5) is 0. The van der Waals surface area contributed by atoms with Crippen LogP contribution in [0.3, 0.4) is 0 Å². The van der Waals surface area contributed by atoms with Gasteiger partial charge in [0, 0.05) is 10.8 Å². The number of furan rings is 1. The maximum atomic E-state index is 14.8. The normalized spacial score (nSPS) is 12.4. The smallest absolute Gasteiger partial charge is 0.417 e. The summed E-state index contributed by atoms with van der Waals surface area (Å²) in [5.41, 5.74) is 4.93. The van der Waals surface area contributed by atoms with Gasteiger partial charge >= 0.3 is 6.18 Å². The minimum absolute atomic E-state index is 0.200. The number of hydrogen-bond acceptors (Lipinski definition) is 1. The molecule has 0 aliphatic rings. The fourth-order valence-electron chi connectivity index (χ4n) is 8.03. The molecule has 0 aliphatic heterocycles. The second kappa shape index (κ2) is 10.2. The third kappa shape index (κ3) is 4.07. The molecule has 0 fully saturated rings. The third-order valence-corrected chi connectivity index (χ3v) is 10.0. The van der Waals surface area contributed by atoms with E-state index in [1.54, 1.807) is 24.3 Å². The van der Waals surface area contributed by atoms with Crippen LogP contribution in [0.15, 0.2) is 156 Å². The van der Waals surface area contributed by atoms with Gasteiger partial charge in [-0.15, -0.1) is 0 Å². The van der Waals surface area contributed by atoms with Crippen LogP contribution in [0.25, 0.3) is 98.1 Å². The average molecular weight is 639 g/mol. The van der Waals surface area contributed by atoms with Crippen LogP contribution in [-0.2, 0) is 6.18 Å². The zero-order chi connectivity index (χ0) is 32.9. The molecular formula is C45H25F3O. The van der Waals surface area contributed by atoms with E-state index >= 15 is 0 Å². The number of hydrogen-bond donors (Lipinski definition) is 0.